The van der Waals surface area contributed by atoms with Gasteiger partial charge < -0.3 is 15.4 Å². The number of hydrogen-bond acceptors (Lipinski definition) is 3. The number of amides is 1. The monoisotopic (exact) mass is 346 g/mol. The largest absolute Gasteiger partial charge is 0.496 e. The highest BCUT2D eigenvalue weighted by Crippen LogP contribution is 2.25. The number of nitrogens with two attached hydrogens (primary N) is 1. The minimum absolute atomic E-state index is 0. The normalized spacial score (nSPS) is 16.8. The quantitative estimate of drug-likeness (QED) is 0.911. The standard InChI is InChI=1S/C16H23ClN2O2.ClH/c1-11(18)12-5-7-19(8-6-12)16(20)10-13-9-14(17)3-4-15(13)21-2;/h3-4,9,11-12H,5-8,10,18H2,1-2H3;1H. The Morgan fingerprint density at radius 3 is 2.64 bits per heavy atom. The van der Waals surface area contributed by atoms with Crippen molar-refractivity contribution >= 4 is 29.9 Å². The molecule has 1 fully saturated rings. The molecule has 4 nitrogen and oxygen atoms in total. The maximum atomic E-state index is 12.4. The predicted octanol–water partition coefficient (Wildman–Crippen LogP) is 2.90. The number of likely N-dealkylation sites (tertiary alicyclic amines) is 1. The zero-order chi connectivity index (χ0) is 15.4. The molecule has 0 aromatic heterocycles. The van der Waals surface area contributed by atoms with Crippen molar-refractivity contribution in [3.05, 3.63) is 28.8 Å². The molecule has 1 saturated heterocycles. The first-order valence-corrected chi connectivity index (χ1v) is 7.75. The minimum atomic E-state index is 0. The Kier molecular flexibility index (Phi) is 7.46. The molecule has 2 N–H and O–H groups in total. The van der Waals surface area contributed by atoms with Gasteiger partial charge in [-0.25, -0.2) is 0 Å². The Bertz CT molecular complexity index is 501. The number of methoxy groups -OCH3 is 1. The molecule has 0 saturated carbocycles. The highest BCUT2D eigenvalue weighted by atomic mass is 35.5. The van der Waals surface area contributed by atoms with Gasteiger partial charge in [-0.3, -0.25) is 4.79 Å². The molecule has 1 aromatic rings. The molecule has 0 radical (unpaired) electrons. The van der Waals surface area contributed by atoms with Gasteiger partial charge in [-0.2, -0.15) is 0 Å². The average Bonchev–Trinajstić information content (AvgIpc) is 2.47. The molecule has 1 aliphatic rings. The Labute approximate surface area is 143 Å². The van der Waals surface area contributed by atoms with E-state index in [4.69, 9.17) is 22.1 Å². The van der Waals surface area contributed by atoms with Crippen molar-refractivity contribution in [2.75, 3.05) is 20.2 Å². The molecule has 1 atom stereocenters. The predicted molar refractivity (Wildman–Crippen MR) is 91.9 cm³/mol. The number of halogens is 2. The molecule has 1 aromatic carbocycles. The number of carbonyl (C=O) groups is 1. The lowest BCUT2D eigenvalue weighted by molar-refractivity contribution is -0.131. The van der Waals surface area contributed by atoms with Gasteiger partial charge in [0, 0.05) is 29.7 Å². The van der Waals surface area contributed by atoms with Crippen LogP contribution in [0, 0.1) is 5.92 Å². The van der Waals surface area contributed by atoms with Crippen LogP contribution in [0.25, 0.3) is 0 Å². The second-order valence-corrected chi connectivity index (χ2v) is 6.15. The maximum Gasteiger partial charge on any atom is 0.227 e. The molecular weight excluding hydrogens is 323 g/mol. The number of ether oxygens (including phenoxy) is 1. The van der Waals surface area contributed by atoms with Gasteiger partial charge in [0.05, 0.1) is 13.5 Å². The number of piperidine rings is 1. The highest BCUT2D eigenvalue weighted by Gasteiger charge is 2.25. The second-order valence-electron chi connectivity index (χ2n) is 5.71. The van der Waals surface area contributed by atoms with Crippen LogP contribution >= 0.6 is 24.0 Å². The van der Waals surface area contributed by atoms with Crippen LogP contribution in [0.3, 0.4) is 0 Å². The third-order valence-corrected chi connectivity index (χ3v) is 4.46. The summed E-state index contributed by atoms with van der Waals surface area (Å²) >= 11 is 6.00. The molecule has 0 aliphatic carbocycles. The fourth-order valence-electron chi connectivity index (χ4n) is 2.83. The van der Waals surface area contributed by atoms with Crippen LogP contribution < -0.4 is 10.5 Å². The summed E-state index contributed by atoms with van der Waals surface area (Å²) in [4.78, 5) is 14.3. The van der Waals surface area contributed by atoms with Gasteiger partial charge in [0.25, 0.3) is 0 Å². The van der Waals surface area contributed by atoms with Crippen LogP contribution in [0.2, 0.25) is 5.02 Å². The van der Waals surface area contributed by atoms with Crippen LogP contribution in [-0.2, 0) is 11.2 Å². The summed E-state index contributed by atoms with van der Waals surface area (Å²) in [5.41, 5.74) is 6.77. The van der Waals surface area contributed by atoms with E-state index in [1.807, 2.05) is 11.8 Å². The van der Waals surface area contributed by atoms with Crippen LogP contribution in [0.15, 0.2) is 18.2 Å². The summed E-state index contributed by atoms with van der Waals surface area (Å²) in [6.45, 7) is 3.61. The van der Waals surface area contributed by atoms with Crippen LogP contribution in [-0.4, -0.2) is 37.0 Å². The number of nitrogens with zero attached hydrogens (tertiary/aromatic N) is 1. The van der Waals surface area contributed by atoms with E-state index in [1.165, 1.54) is 0 Å². The third kappa shape index (κ3) is 4.77. The van der Waals surface area contributed by atoms with Gasteiger partial charge in [0.1, 0.15) is 5.75 Å². The first-order valence-electron chi connectivity index (χ1n) is 7.37. The van der Waals surface area contributed by atoms with Crippen molar-refractivity contribution in [1.29, 1.82) is 0 Å². The first kappa shape index (κ1) is 19.1. The van der Waals surface area contributed by atoms with E-state index in [2.05, 4.69) is 0 Å². The Morgan fingerprint density at radius 2 is 2.09 bits per heavy atom. The zero-order valence-corrected chi connectivity index (χ0v) is 14.6. The summed E-state index contributed by atoms with van der Waals surface area (Å²) in [5.74, 6) is 1.35. The van der Waals surface area contributed by atoms with E-state index in [0.29, 0.717) is 23.1 Å². The molecule has 1 heterocycles. The fourth-order valence-corrected chi connectivity index (χ4v) is 3.03. The van der Waals surface area contributed by atoms with Crippen molar-refractivity contribution in [3.8, 4) is 5.75 Å². The first-order chi connectivity index (χ1) is 10.0. The summed E-state index contributed by atoms with van der Waals surface area (Å²) < 4.78 is 5.29. The van der Waals surface area contributed by atoms with Crippen molar-refractivity contribution < 1.29 is 9.53 Å². The molecule has 22 heavy (non-hydrogen) atoms. The van der Waals surface area contributed by atoms with Gasteiger partial charge in [-0.05, 0) is 43.9 Å². The summed E-state index contributed by atoms with van der Waals surface area (Å²) in [7, 11) is 1.60. The smallest absolute Gasteiger partial charge is 0.227 e. The lowest BCUT2D eigenvalue weighted by atomic mass is 9.91. The topological polar surface area (TPSA) is 55.6 Å². The van der Waals surface area contributed by atoms with E-state index < -0.39 is 0 Å². The summed E-state index contributed by atoms with van der Waals surface area (Å²) in [6.07, 6.45) is 2.29. The molecule has 0 bridgehead atoms. The molecule has 6 heteroatoms. The van der Waals surface area contributed by atoms with E-state index in [9.17, 15) is 4.79 Å². The van der Waals surface area contributed by atoms with Gasteiger partial charge in [0.2, 0.25) is 5.91 Å². The molecule has 1 unspecified atom stereocenters. The summed E-state index contributed by atoms with van der Waals surface area (Å²) in [6, 6.07) is 5.57. The van der Waals surface area contributed by atoms with Crippen molar-refractivity contribution in [1.82, 2.24) is 4.90 Å². The van der Waals surface area contributed by atoms with Crippen LogP contribution in [0.5, 0.6) is 5.75 Å². The van der Waals surface area contributed by atoms with Gasteiger partial charge >= 0.3 is 0 Å². The molecule has 1 aliphatic heterocycles. The second kappa shape index (κ2) is 8.61. The van der Waals surface area contributed by atoms with Gasteiger partial charge in [0.15, 0.2) is 0 Å². The molecular formula is C16H24Cl2N2O2. The number of rotatable bonds is 4. The minimum Gasteiger partial charge on any atom is -0.496 e. The lowest BCUT2D eigenvalue weighted by Crippen LogP contribution is -2.43. The Hall–Kier alpha value is -0.970. The molecule has 0 spiro atoms. The molecule has 2 rings (SSSR count). The molecule has 124 valence electrons. The average molecular weight is 347 g/mol. The van der Waals surface area contributed by atoms with Crippen molar-refractivity contribution in [2.24, 2.45) is 11.7 Å². The lowest BCUT2D eigenvalue weighted by Gasteiger charge is -2.33. The number of hydrogen-bond donors (Lipinski definition) is 1. The van der Waals surface area contributed by atoms with Crippen LogP contribution in [0.4, 0.5) is 0 Å². The molecule has 1 amide bonds. The summed E-state index contributed by atoms with van der Waals surface area (Å²) in [5, 5.41) is 0.620. The fraction of sp³-hybridized carbons (Fsp3) is 0.562. The zero-order valence-electron chi connectivity index (χ0n) is 13.0. The Balaban J connectivity index is 0.00000242. The van der Waals surface area contributed by atoms with Crippen molar-refractivity contribution in [3.63, 3.8) is 0 Å². The SMILES string of the molecule is COc1ccc(Cl)cc1CC(=O)N1CCC(C(C)N)CC1.Cl. The van der Waals surface area contributed by atoms with Crippen LogP contribution in [0.1, 0.15) is 25.3 Å². The maximum absolute atomic E-state index is 12.4. The van der Waals surface area contributed by atoms with Gasteiger partial charge in [-0.15, -0.1) is 12.4 Å². The third-order valence-electron chi connectivity index (χ3n) is 4.22. The highest BCUT2D eigenvalue weighted by molar-refractivity contribution is 6.30. The van der Waals surface area contributed by atoms with E-state index >= 15 is 0 Å². The van der Waals surface area contributed by atoms with Crippen molar-refractivity contribution in [2.45, 2.75) is 32.2 Å². The van der Waals surface area contributed by atoms with E-state index in [0.717, 1.165) is 31.5 Å². The Morgan fingerprint density at radius 1 is 1.45 bits per heavy atom. The van der Waals surface area contributed by atoms with Gasteiger partial charge in [-0.1, -0.05) is 11.6 Å². The van der Waals surface area contributed by atoms with E-state index in [1.54, 1.807) is 25.3 Å². The number of carbonyl (C=O) groups excluding carboxylic acids is 1. The number of benzene rings is 1. The van der Waals surface area contributed by atoms with E-state index in [-0.39, 0.29) is 24.4 Å².